The van der Waals surface area contributed by atoms with Gasteiger partial charge in [0.1, 0.15) is 0 Å². The van der Waals surface area contributed by atoms with Crippen molar-refractivity contribution in [1.82, 2.24) is 0 Å². The molecule has 0 saturated heterocycles. The average Bonchev–Trinajstić information content (AvgIpc) is 1.35. The molecule has 0 heterocycles. The van der Waals surface area contributed by atoms with E-state index >= 15 is 0 Å². The van der Waals surface area contributed by atoms with Gasteiger partial charge in [0.25, 0.3) is 0 Å². The summed E-state index contributed by atoms with van der Waals surface area (Å²) in [6.07, 6.45) is 1.31. The smallest absolute Gasteiger partial charge is 0.0700 e. The fourth-order valence-corrected chi connectivity index (χ4v) is 0.547. The first-order valence-corrected chi connectivity index (χ1v) is 2.64. The van der Waals surface area contributed by atoms with Crippen LogP contribution >= 0.6 is 15.9 Å². The highest BCUT2D eigenvalue weighted by Crippen LogP contribution is 1.86. The predicted octanol–water partition coefficient (Wildman–Crippen LogP) is 1.28. The van der Waals surface area contributed by atoms with Gasteiger partial charge < -0.3 is 5.11 Å². The van der Waals surface area contributed by atoms with E-state index in [0.717, 1.165) is 0 Å². The standard InChI is InChI=1S/C4H7BrO/c1-4(6)2-3-5/h2-4,6H,1H3/b3-2-. The van der Waals surface area contributed by atoms with Crippen molar-refractivity contribution in [2.24, 2.45) is 0 Å². The molecule has 0 bridgehead atoms. The first kappa shape index (κ1) is 6.18. The number of aliphatic hydroxyl groups is 1. The molecule has 0 spiro atoms. The summed E-state index contributed by atoms with van der Waals surface area (Å²) in [7, 11) is 0. The highest BCUT2D eigenvalue weighted by Gasteiger charge is 1.78. The van der Waals surface area contributed by atoms with Gasteiger partial charge in [-0.15, -0.1) is 0 Å². The maximum atomic E-state index is 8.44. The van der Waals surface area contributed by atoms with Gasteiger partial charge in [0.05, 0.1) is 6.10 Å². The first-order chi connectivity index (χ1) is 2.77. The predicted molar refractivity (Wildman–Crippen MR) is 29.7 cm³/mol. The lowest BCUT2D eigenvalue weighted by atomic mass is 10.4. The molecule has 6 heavy (non-hydrogen) atoms. The SMILES string of the molecule is CC(O)/C=C\Br. The van der Waals surface area contributed by atoms with Gasteiger partial charge in [-0.05, 0) is 18.0 Å². The zero-order chi connectivity index (χ0) is 4.99. The molecule has 0 radical (unpaired) electrons. The molecule has 0 amide bonds. The van der Waals surface area contributed by atoms with Gasteiger partial charge >= 0.3 is 0 Å². The third kappa shape index (κ3) is 4.18. The molecule has 2 heteroatoms. The van der Waals surface area contributed by atoms with E-state index in [1.165, 1.54) is 0 Å². The van der Waals surface area contributed by atoms with Crippen molar-refractivity contribution in [1.29, 1.82) is 0 Å². The van der Waals surface area contributed by atoms with Crippen LogP contribution in [0.2, 0.25) is 0 Å². The minimum absolute atomic E-state index is 0.329. The van der Waals surface area contributed by atoms with E-state index < -0.39 is 0 Å². The Morgan fingerprint density at radius 2 is 2.33 bits per heavy atom. The molecular formula is C4H7BrO. The molecule has 36 valence electrons. The summed E-state index contributed by atoms with van der Waals surface area (Å²) in [6.45, 7) is 1.69. The van der Waals surface area contributed by atoms with Crippen LogP contribution < -0.4 is 0 Å². The topological polar surface area (TPSA) is 20.2 Å². The van der Waals surface area contributed by atoms with Crippen molar-refractivity contribution in [3.8, 4) is 0 Å². The summed E-state index contributed by atoms with van der Waals surface area (Å²) in [6, 6.07) is 0. The fourth-order valence-electron chi connectivity index (χ4n) is 0.105. The lowest BCUT2D eigenvalue weighted by Gasteiger charge is -1.86. The summed E-state index contributed by atoms with van der Waals surface area (Å²) < 4.78 is 0. The number of hydrogen-bond donors (Lipinski definition) is 1. The van der Waals surface area contributed by atoms with Crippen molar-refractivity contribution in [2.45, 2.75) is 13.0 Å². The minimum Gasteiger partial charge on any atom is -0.389 e. The second-order valence-electron chi connectivity index (χ2n) is 1.06. The van der Waals surface area contributed by atoms with E-state index in [4.69, 9.17) is 5.11 Å². The zero-order valence-corrected chi connectivity index (χ0v) is 5.14. The molecule has 0 rings (SSSR count). The van der Waals surface area contributed by atoms with E-state index in [2.05, 4.69) is 15.9 Å². The first-order valence-electron chi connectivity index (χ1n) is 1.72. The van der Waals surface area contributed by atoms with Crippen LogP contribution in [0, 0.1) is 0 Å². The maximum Gasteiger partial charge on any atom is 0.0700 e. The summed E-state index contributed by atoms with van der Waals surface area (Å²) in [5.41, 5.74) is 0. The van der Waals surface area contributed by atoms with Crippen LogP contribution in [-0.2, 0) is 0 Å². The summed E-state index contributed by atoms with van der Waals surface area (Å²) in [5, 5.41) is 8.44. The van der Waals surface area contributed by atoms with E-state index in [-0.39, 0.29) is 6.10 Å². The molecule has 0 aliphatic carbocycles. The van der Waals surface area contributed by atoms with Crippen LogP contribution in [0.25, 0.3) is 0 Å². The zero-order valence-electron chi connectivity index (χ0n) is 3.56. The van der Waals surface area contributed by atoms with E-state index in [1.807, 2.05) is 0 Å². The van der Waals surface area contributed by atoms with Crippen molar-refractivity contribution < 1.29 is 5.11 Å². The molecule has 1 nitrogen and oxygen atoms in total. The maximum absolute atomic E-state index is 8.44. The second kappa shape index (κ2) is 3.37. The molecule has 0 fully saturated rings. The molecule has 1 unspecified atom stereocenters. The Morgan fingerprint density at radius 3 is 2.33 bits per heavy atom. The van der Waals surface area contributed by atoms with Crippen molar-refractivity contribution in [3.63, 3.8) is 0 Å². The van der Waals surface area contributed by atoms with Crippen molar-refractivity contribution in [2.75, 3.05) is 0 Å². The Morgan fingerprint density at radius 1 is 1.83 bits per heavy atom. The lowest BCUT2D eigenvalue weighted by Crippen LogP contribution is -1.89. The van der Waals surface area contributed by atoms with Gasteiger partial charge in [-0.2, -0.15) is 0 Å². The number of hydrogen-bond acceptors (Lipinski definition) is 1. The van der Waals surface area contributed by atoms with E-state index in [0.29, 0.717) is 0 Å². The number of aliphatic hydroxyl groups excluding tert-OH is 1. The van der Waals surface area contributed by atoms with Crippen LogP contribution in [0.5, 0.6) is 0 Å². The molecule has 0 aliphatic heterocycles. The molecule has 1 N–H and O–H groups in total. The van der Waals surface area contributed by atoms with Gasteiger partial charge in [0.15, 0.2) is 0 Å². The van der Waals surface area contributed by atoms with E-state index in [9.17, 15) is 0 Å². The fraction of sp³-hybridized carbons (Fsp3) is 0.500. The molecular weight excluding hydrogens is 144 g/mol. The molecule has 0 aromatic carbocycles. The van der Waals surface area contributed by atoms with Crippen molar-refractivity contribution in [3.05, 3.63) is 11.1 Å². The molecule has 0 aromatic heterocycles. The normalized spacial score (nSPS) is 15.8. The molecule has 0 aliphatic rings. The Balaban J connectivity index is 3.03. The van der Waals surface area contributed by atoms with Crippen LogP contribution in [0.3, 0.4) is 0 Å². The van der Waals surface area contributed by atoms with Gasteiger partial charge in [-0.25, -0.2) is 0 Å². The summed E-state index contributed by atoms with van der Waals surface area (Å²) in [5.74, 6) is 0. The third-order valence-electron chi connectivity index (χ3n) is 0.351. The van der Waals surface area contributed by atoms with Crippen LogP contribution in [0.1, 0.15) is 6.92 Å². The molecule has 1 atom stereocenters. The third-order valence-corrected chi connectivity index (χ3v) is 0.656. The van der Waals surface area contributed by atoms with Gasteiger partial charge in [-0.3, -0.25) is 0 Å². The average molecular weight is 151 g/mol. The van der Waals surface area contributed by atoms with Gasteiger partial charge in [0, 0.05) is 0 Å². The van der Waals surface area contributed by atoms with Gasteiger partial charge in [0.2, 0.25) is 0 Å². The van der Waals surface area contributed by atoms with Crippen LogP contribution in [-0.4, -0.2) is 11.2 Å². The highest BCUT2D eigenvalue weighted by molar-refractivity contribution is 9.11. The Hall–Kier alpha value is 0.180. The quantitative estimate of drug-likeness (QED) is 0.598. The number of halogens is 1. The monoisotopic (exact) mass is 150 g/mol. The van der Waals surface area contributed by atoms with Crippen molar-refractivity contribution >= 4 is 15.9 Å². The highest BCUT2D eigenvalue weighted by atomic mass is 79.9. The summed E-state index contributed by atoms with van der Waals surface area (Å²) >= 11 is 3.01. The second-order valence-corrected chi connectivity index (χ2v) is 1.59. The van der Waals surface area contributed by atoms with E-state index in [1.54, 1.807) is 18.0 Å². The Kier molecular flexibility index (Phi) is 3.47. The molecule has 0 saturated carbocycles. The van der Waals surface area contributed by atoms with Gasteiger partial charge in [-0.1, -0.05) is 15.9 Å². The Bertz CT molecular complexity index is 49.5. The largest absolute Gasteiger partial charge is 0.389 e. The molecule has 0 aromatic rings. The van der Waals surface area contributed by atoms with Crippen LogP contribution in [0.4, 0.5) is 0 Å². The van der Waals surface area contributed by atoms with Crippen LogP contribution in [0.15, 0.2) is 11.1 Å². The minimum atomic E-state index is -0.329. The Labute approximate surface area is 45.8 Å². The number of rotatable bonds is 1. The summed E-state index contributed by atoms with van der Waals surface area (Å²) in [4.78, 5) is 1.64. The lowest BCUT2D eigenvalue weighted by molar-refractivity contribution is 0.244.